The molecule has 0 bridgehead atoms. The fraction of sp³-hybridized carbons (Fsp3) is 0.545. The van der Waals surface area contributed by atoms with Crippen molar-refractivity contribution < 1.29 is 4.52 Å². The monoisotopic (exact) mass is 269 g/mol. The van der Waals surface area contributed by atoms with E-state index in [0.717, 1.165) is 25.0 Å². The van der Waals surface area contributed by atoms with E-state index in [0.29, 0.717) is 17.4 Å². The Morgan fingerprint density at radius 1 is 1.44 bits per heavy atom. The standard InChI is InChI=1S/C11H15N5O.ClH/c1-7-6-8(14-16(7)2)9-13-10(15-17-9)11(12)4-3-5-11;/h6H,3-5,12H2,1-2H3;1H. The van der Waals surface area contributed by atoms with Crippen molar-refractivity contribution in [3.05, 3.63) is 17.6 Å². The van der Waals surface area contributed by atoms with E-state index in [1.54, 1.807) is 4.68 Å². The lowest BCUT2D eigenvalue weighted by Crippen LogP contribution is -2.44. The fourth-order valence-corrected chi connectivity index (χ4v) is 1.98. The van der Waals surface area contributed by atoms with Gasteiger partial charge in [0.1, 0.15) is 0 Å². The molecule has 0 amide bonds. The molecule has 1 fully saturated rings. The molecule has 1 saturated carbocycles. The molecule has 1 aliphatic carbocycles. The predicted octanol–water partition coefficient (Wildman–Crippen LogP) is 1.54. The molecular formula is C11H16ClN5O. The van der Waals surface area contributed by atoms with E-state index in [1.165, 1.54) is 0 Å². The van der Waals surface area contributed by atoms with Crippen molar-refractivity contribution in [3.8, 4) is 11.6 Å². The molecule has 0 saturated heterocycles. The van der Waals surface area contributed by atoms with Crippen molar-refractivity contribution in [2.24, 2.45) is 12.8 Å². The van der Waals surface area contributed by atoms with Crippen LogP contribution in [0.2, 0.25) is 0 Å². The molecule has 18 heavy (non-hydrogen) atoms. The van der Waals surface area contributed by atoms with Crippen molar-refractivity contribution in [1.82, 2.24) is 19.9 Å². The Kier molecular flexibility index (Phi) is 3.16. The lowest BCUT2D eigenvalue weighted by atomic mass is 9.77. The summed E-state index contributed by atoms with van der Waals surface area (Å²) in [7, 11) is 1.88. The number of rotatable bonds is 2. The Balaban J connectivity index is 0.00000120. The average Bonchev–Trinajstić information content (AvgIpc) is 2.84. The number of aryl methyl sites for hydroxylation is 2. The van der Waals surface area contributed by atoms with Crippen LogP contribution >= 0.6 is 12.4 Å². The molecule has 0 atom stereocenters. The number of hydrogen-bond acceptors (Lipinski definition) is 5. The van der Waals surface area contributed by atoms with Crippen molar-refractivity contribution in [1.29, 1.82) is 0 Å². The average molecular weight is 270 g/mol. The van der Waals surface area contributed by atoms with E-state index >= 15 is 0 Å². The first-order chi connectivity index (χ1) is 8.08. The summed E-state index contributed by atoms with van der Waals surface area (Å²) in [6.45, 7) is 1.98. The van der Waals surface area contributed by atoms with Crippen LogP contribution in [0.4, 0.5) is 0 Å². The number of hydrogen-bond donors (Lipinski definition) is 1. The Labute approximate surface area is 111 Å². The number of nitrogens with two attached hydrogens (primary N) is 1. The van der Waals surface area contributed by atoms with Gasteiger partial charge in [-0.15, -0.1) is 12.4 Å². The summed E-state index contributed by atoms with van der Waals surface area (Å²) >= 11 is 0. The molecule has 0 unspecified atom stereocenters. The molecule has 7 heteroatoms. The van der Waals surface area contributed by atoms with Crippen LogP contribution in [0, 0.1) is 6.92 Å². The van der Waals surface area contributed by atoms with Crippen molar-refractivity contribution in [2.45, 2.75) is 31.7 Å². The third-order valence-electron chi connectivity index (χ3n) is 3.45. The van der Waals surface area contributed by atoms with Gasteiger partial charge < -0.3 is 10.3 Å². The van der Waals surface area contributed by atoms with Crippen molar-refractivity contribution in [3.63, 3.8) is 0 Å². The Bertz CT molecular complexity index is 538. The van der Waals surface area contributed by atoms with Gasteiger partial charge in [-0.3, -0.25) is 4.68 Å². The lowest BCUT2D eigenvalue weighted by Gasteiger charge is -2.34. The first-order valence-corrected chi connectivity index (χ1v) is 5.73. The highest BCUT2D eigenvalue weighted by molar-refractivity contribution is 5.85. The molecule has 2 heterocycles. The van der Waals surface area contributed by atoms with Gasteiger partial charge in [-0.2, -0.15) is 10.1 Å². The normalized spacial score (nSPS) is 17.1. The second-order valence-electron chi connectivity index (χ2n) is 4.73. The van der Waals surface area contributed by atoms with Gasteiger partial charge in [-0.25, -0.2) is 0 Å². The summed E-state index contributed by atoms with van der Waals surface area (Å²) in [6, 6.07) is 1.92. The molecule has 2 N–H and O–H groups in total. The van der Waals surface area contributed by atoms with Crippen LogP contribution in [0.25, 0.3) is 11.6 Å². The van der Waals surface area contributed by atoms with E-state index < -0.39 is 0 Å². The second-order valence-corrected chi connectivity index (χ2v) is 4.73. The number of nitrogens with zero attached hydrogens (tertiary/aromatic N) is 4. The Morgan fingerprint density at radius 2 is 2.17 bits per heavy atom. The maximum absolute atomic E-state index is 6.14. The van der Waals surface area contributed by atoms with Crippen LogP contribution in [0.15, 0.2) is 10.6 Å². The number of halogens is 1. The van der Waals surface area contributed by atoms with Gasteiger partial charge in [-0.1, -0.05) is 5.16 Å². The van der Waals surface area contributed by atoms with Gasteiger partial charge in [0.15, 0.2) is 11.5 Å². The van der Waals surface area contributed by atoms with Crippen molar-refractivity contribution in [2.75, 3.05) is 0 Å². The highest BCUT2D eigenvalue weighted by Crippen LogP contribution is 2.37. The van der Waals surface area contributed by atoms with Crippen LogP contribution < -0.4 is 5.73 Å². The van der Waals surface area contributed by atoms with Crippen LogP contribution in [-0.2, 0) is 12.6 Å². The minimum atomic E-state index is -0.383. The second kappa shape index (κ2) is 4.37. The predicted molar refractivity (Wildman–Crippen MR) is 68.2 cm³/mol. The topological polar surface area (TPSA) is 82.8 Å². The zero-order chi connectivity index (χ0) is 12.0. The molecule has 98 valence electrons. The summed E-state index contributed by atoms with van der Waals surface area (Å²) in [5.74, 6) is 1.04. The first-order valence-electron chi connectivity index (χ1n) is 5.73. The van der Waals surface area contributed by atoms with E-state index in [1.807, 2.05) is 20.0 Å². The van der Waals surface area contributed by atoms with Gasteiger partial charge >= 0.3 is 0 Å². The first kappa shape index (κ1) is 13.0. The zero-order valence-corrected chi connectivity index (χ0v) is 11.2. The smallest absolute Gasteiger partial charge is 0.278 e. The van der Waals surface area contributed by atoms with E-state index in [-0.39, 0.29) is 17.9 Å². The molecule has 2 aromatic heterocycles. The Morgan fingerprint density at radius 3 is 2.67 bits per heavy atom. The van der Waals surface area contributed by atoms with Gasteiger partial charge in [0.05, 0.1) is 5.54 Å². The molecule has 0 spiro atoms. The summed E-state index contributed by atoms with van der Waals surface area (Å²) in [5, 5.41) is 8.26. The fourth-order valence-electron chi connectivity index (χ4n) is 1.98. The van der Waals surface area contributed by atoms with Crippen LogP contribution in [0.1, 0.15) is 30.8 Å². The van der Waals surface area contributed by atoms with Crippen LogP contribution in [-0.4, -0.2) is 19.9 Å². The van der Waals surface area contributed by atoms with Gasteiger partial charge in [0.2, 0.25) is 0 Å². The van der Waals surface area contributed by atoms with Crippen LogP contribution in [0.3, 0.4) is 0 Å². The SMILES string of the molecule is Cc1cc(-c2nc(C3(N)CCC3)no2)nn1C.Cl. The highest BCUT2D eigenvalue weighted by Gasteiger charge is 2.39. The third kappa shape index (κ3) is 1.91. The summed E-state index contributed by atoms with van der Waals surface area (Å²) < 4.78 is 7.00. The van der Waals surface area contributed by atoms with Crippen molar-refractivity contribution >= 4 is 12.4 Å². The number of aromatic nitrogens is 4. The van der Waals surface area contributed by atoms with E-state index in [9.17, 15) is 0 Å². The maximum atomic E-state index is 6.14. The molecule has 2 aromatic rings. The maximum Gasteiger partial charge on any atom is 0.278 e. The highest BCUT2D eigenvalue weighted by atomic mass is 35.5. The zero-order valence-electron chi connectivity index (χ0n) is 10.4. The van der Waals surface area contributed by atoms with Crippen LogP contribution in [0.5, 0.6) is 0 Å². The summed E-state index contributed by atoms with van der Waals surface area (Å²) in [6.07, 6.45) is 2.98. The lowest BCUT2D eigenvalue weighted by molar-refractivity contribution is 0.229. The molecule has 1 aliphatic rings. The molecule has 0 radical (unpaired) electrons. The molecule has 0 aliphatic heterocycles. The molecule has 6 nitrogen and oxygen atoms in total. The largest absolute Gasteiger partial charge is 0.332 e. The minimum Gasteiger partial charge on any atom is -0.332 e. The molecule has 0 aromatic carbocycles. The van der Waals surface area contributed by atoms with Gasteiger partial charge in [-0.05, 0) is 32.3 Å². The quantitative estimate of drug-likeness (QED) is 0.894. The molecule has 3 rings (SSSR count). The van der Waals surface area contributed by atoms with Gasteiger partial charge in [0.25, 0.3) is 5.89 Å². The third-order valence-corrected chi connectivity index (χ3v) is 3.45. The van der Waals surface area contributed by atoms with Gasteiger partial charge in [0, 0.05) is 12.7 Å². The summed E-state index contributed by atoms with van der Waals surface area (Å²) in [4.78, 5) is 4.35. The Hall–Kier alpha value is -1.40. The van der Waals surface area contributed by atoms with E-state index in [2.05, 4.69) is 15.2 Å². The minimum absolute atomic E-state index is 0. The molecular weight excluding hydrogens is 254 g/mol. The van der Waals surface area contributed by atoms with E-state index in [4.69, 9.17) is 10.3 Å². The summed E-state index contributed by atoms with van der Waals surface area (Å²) in [5.41, 5.74) is 7.50.